The van der Waals surface area contributed by atoms with Gasteiger partial charge in [-0.25, -0.2) is 0 Å². The van der Waals surface area contributed by atoms with Crippen LogP contribution < -0.4 is 0 Å². The molecule has 0 spiro atoms. The first-order chi connectivity index (χ1) is 39.6. The van der Waals surface area contributed by atoms with Crippen molar-refractivity contribution in [3.63, 3.8) is 0 Å². The molecule has 0 atom stereocenters. The number of hydrogen-bond acceptors (Lipinski definition) is 6. The summed E-state index contributed by atoms with van der Waals surface area (Å²) in [6, 6.07) is 75.2. The van der Waals surface area contributed by atoms with E-state index in [9.17, 15) is 0 Å². The predicted molar refractivity (Wildman–Crippen MR) is 342 cm³/mol. The number of carbonyl (C=O) groups excluding carboxylic acids is 1. The van der Waals surface area contributed by atoms with Crippen molar-refractivity contribution in [1.82, 2.24) is 24.9 Å². The molecule has 0 aliphatic heterocycles. The minimum Gasteiger partial charge on any atom is -0.512 e. The normalized spacial score (nSPS) is 12.3. The molecule has 5 heterocycles. The molecule has 0 amide bonds. The van der Waals surface area contributed by atoms with E-state index in [0.717, 1.165) is 63.6 Å². The summed E-state index contributed by atoms with van der Waals surface area (Å²) >= 11 is 0. The molecule has 7 nitrogen and oxygen atoms in total. The van der Waals surface area contributed by atoms with Crippen molar-refractivity contribution in [1.29, 1.82) is 0 Å². The molecule has 88 heavy (non-hydrogen) atoms. The second-order valence-electron chi connectivity index (χ2n) is 23.5. The van der Waals surface area contributed by atoms with Crippen molar-refractivity contribution >= 4 is 5.78 Å². The second kappa shape index (κ2) is 36.8. The number of aliphatic hydroxyl groups is 1. The maximum atomic E-state index is 8.40. The van der Waals surface area contributed by atoms with Gasteiger partial charge in [0, 0.05) is 132 Å². The summed E-state index contributed by atoms with van der Waals surface area (Å²) in [7, 11) is 0. The predicted octanol–water partition coefficient (Wildman–Crippen LogP) is 18.0. The van der Waals surface area contributed by atoms with Gasteiger partial charge in [0.1, 0.15) is 0 Å². The van der Waals surface area contributed by atoms with Crippen molar-refractivity contribution in [3.8, 4) is 56.3 Å². The van der Waals surface area contributed by atoms with E-state index in [2.05, 4.69) is 185 Å². The van der Waals surface area contributed by atoms with Crippen LogP contribution in [0, 0.1) is 30.3 Å². The second-order valence-corrected chi connectivity index (χ2v) is 23.5. The summed E-state index contributed by atoms with van der Waals surface area (Å²) in [5, 5.41) is 8.40. The van der Waals surface area contributed by atoms with E-state index in [1.807, 2.05) is 134 Å². The van der Waals surface area contributed by atoms with Gasteiger partial charge in [0.15, 0.2) is 0 Å². The first-order valence-corrected chi connectivity index (χ1v) is 28.2. The van der Waals surface area contributed by atoms with Crippen LogP contribution in [0.5, 0.6) is 0 Å². The zero-order valence-electron chi connectivity index (χ0n) is 51.9. The molecule has 2 aliphatic rings. The van der Waals surface area contributed by atoms with E-state index in [4.69, 9.17) is 9.90 Å². The average molecular weight is 2050 g/mol. The number of nitrogens with zero attached hydrogens (tertiary/aromatic N) is 5. The summed E-state index contributed by atoms with van der Waals surface area (Å²) in [5.41, 5.74) is 19.1. The molecule has 12 heteroatoms. The fraction of sp³-hybridized carbons (Fsp3) is 0.237. The Labute approximate surface area is 591 Å². The number of fused-ring (bicyclic) bond motifs is 6. The Morgan fingerprint density at radius 2 is 0.909 bits per heavy atom. The SMILES string of the molecule is CC(=[OH+])C=C(C)O.CC(C)(C)c1c[c-]c(-c2ccccn2)cc1.CC(C)(C)c1ccnc(-c2[c-]cccc2)c1.CC1(C)c2ccc[c-]c2-c2ncccc2C1(C)C.[Ir].[Ir].[Ir].[Ir].[Ir].[c-]1cccc2c1-c1ncccc1CC2.[c-]1ccccc1-c1ccccn1. The van der Waals surface area contributed by atoms with Crippen LogP contribution in [0.2, 0.25) is 0 Å². The van der Waals surface area contributed by atoms with Gasteiger partial charge in [-0.15, -0.1) is 178 Å². The van der Waals surface area contributed by atoms with Gasteiger partial charge in [-0.3, -0.25) is 4.79 Å². The molecule has 0 saturated heterocycles. The molecule has 5 aromatic heterocycles. The Bertz CT molecular complexity index is 3560. The average Bonchev–Trinajstić information content (AvgIpc) is 0.836. The van der Waals surface area contributed by atoms with Crippen LogP contribution in [0.25, 0.3) is 56.3 Å². The maximum absolute atomic E-state index is 8.40. The standard InChI is InChI=1S/C17H18N.2C15H16N.C13H10N.C11H8N.C5H8O2.5Ir/c1-16(2)13-9-6-5-8-12(13)15-14(17(16,3)4)10-7-11-18-15;1-15(2,3)13-9-7-12(8-10-13)14-6-4-5-11-16-14;1-15(2,3)13-9-10-16-14(11-13)12-7-5-4-6-8-12;1-2-6-12-10(4-1)7-8-11-5-3-9-14-13(11)12;1-2-6-10(7-3-1)11-8-4-5-9-12-11;1-4(6)3-5(2)7;;;;;/h5-7,9-11H,1-4H3;2*4-7,9-11H,1-3H3;1-5,9H,7-8H2;1-6,8-9H;3,6H,1-2H3;;;;;/q5*-1;;;;;;/p+1. The van der Waals surface area contributed by atoms with Gasteiger partial charge in [-0.05, 0) is 99.4 Å². The summed E-state index contributed by atoms with van der Waals surface area (Å²) in [5.74, 6) is 0.250. The Hall–Kier alpha value is -5.69. The van der Waals surface area contributed by atoms with Crippen molar-refractivity contribution in [2.24, 2.45) is 0 Å². The van der Waals surface area contributed by atoms with Crippen molar-refractivity contribution < 1.29 is 110 Å². The minimum absolute atomic E-state index is 0. The van der Waals surface area contributed by atoms with E-state index in [1.165, 1.54) is 58.9 Å². The molecule has 2 aliphatic carbocycles. The van der Waals surface area contributed by atoms with Crippen LogP contribution in [-0.4, -0.2) is 40.6 Å². The van der Waals surface area contributed by atoms with Crippen molar-refractivity contribution in [2.45, 2.75) is 118 Å². The first-order valence-electron chi connectivity index (χ1n) is 28.2. The molecule has 0 saturated carbocycles. The zero-order valence-corrected chi connectivity index (χ0v) is 63.9. The van der Waals surface area contributed by atoms with Crippen LogP contribution in [0.3, 0.4) is 0 Å². The molecule has 5 aromatic carbocycles. The number of rotatable bonds is 4. The van der Waals surface area contributed by atoms with Crippen LogP contribution in [-0.2, 0) is 135 Å². The molecule has 5 radical (unpaired) electrons. The number of benzene rings is 5. The molecular weight excluding hydrogens is 1980 g/mol. The molecule has 12 rings (SSSR count). The van der Waals surface area contributed by atoms with E-state index in [0.29, 0.717) is 0 Å². The number of aromatic nitrogens is 5. The number of aliphatic hydroxyl groups excluding tert-OH is 1. The maximum Gasteiger partial charge on any atom is 0.316 e. The molecule has 0 unspecified atom stereocenters. The quantitative estimate of drug-likeness (QED) is 0.0814. The smallest absolute Gasteiger partial charge is 0.316 e. The summed E-state index contributed by atoms with van der Waals surface area (Å²) in [6.07, 6.45) is 12.7. The van der Waals surface area contributed by atoms with Gasteiger partial charge in [-0.2, -0.15) is 0 Å². The largest absolute Gasteiger partial charge is 0.512 e. The van der Waals surface area contributed by atoms with Crippen molar-refractivity contribution in [2.75, 3.05) is 0 Å². The van der Waals surface area contributed by atoms with Crippen molar-refractivity contribution in [3.05, 3.63) is 282 Å². The number of allylic oxidation sites excluding steroid dienone is 2. The molecule has 10 aromatic rings. The van der Waals surface area contributed by atoms with Gasteiger partial charge in [0.25, 0.3) is 0 Å². The van der Waals surface area contributed by atoms with Gasteiger partial charge >= 0.3 is 5.78 Å². The Morgan fingerprint density at radius 3 is 1.42 bits per heavy atom. The third-order valence-corrected chi connectivity index (χ3v) is 14.8. The molecule has 2 N–H and O–H groups in total. The van der Waals surface area contributed by atoms with Gasteiger partial charge in [0.2, 0.25) is 0 Å². The summed E-state index contributed by atoms with van der Waals surface area (Å²) in [6.45, 7) is 25.5. The van der Waals surface area contributed by atoms with E-state index < -0.39 is 0 Å². The number of pyridine rings is 5. The Balaban J connectivity index is 0.000000362. The number of ketones is 1. The summed E-state index contributed by atoms with van der Waals surface area (Å²) < 4.78 is 0. The Morgan fingerprint density at radius 1 is 0.443 bits per heavy atom. The van der Waals surface area contributed by atoms with E-state index >= 15 is 0 Å². The molecule has 0 fully saturated rings. The van der Waals surface area contributed by atoms with Gasteiger partial charge < -0.3 is 30.0 Å². The monoisotopic (exact) mass is 2060 g/mol. The number of aryl methyl sites for hydroxylation is 2. The fourth-order valence-electron chi connectivity index (χ4n) is 9.52. The van der Waals surface area contributed by atoms with Crippen LogP contribution in [0.4, 0.5) is 0 Å². The molecule has 0 bridgehead atoms. The minimum atomic E-state index is 0. The first kappa shape index (κ1) is 78.4. The van der Waals surface area contributed by atoms with Gasteiger partial charge in [-0.1, -0.05) is 129 Å². The third-order valence-electron chi connectivity index (χ3n) is 14.8. The molecular formula is C76H77Ir5N5O2-4. The third kappa shape index (κ3) is 21.8. The van der Waals surface area contributed by atoms with Crippen LogP contribution in [0.1, 0.15) is 116 Å². The number of hydrogen-bond donors (Lipinski definition) is 1. The van der Waals surface area contributed by atoms with E-state index in [-0.39, 0.29) is 134 Å². The fourth-order valence-corrected chi connectivity index (χ4v) is 9.52. The summed E-state index contributed by atoms with van der Waals surface area (Å²) in [4.78, 5) is 30.3. The Kier molecular flexibility index (Phi) is 32.8. The van der Waals surface area contributed by atoms with E-state index in [1.54, 1.807) is 12.4 Å². The van der Waals surface area contributed by atoms with Gasteiger partial charge in [0.05, 0.1) is 18.8 Å². The zero-order chi connectivity index (χ0) is 59.6. The van der Waals surface area contributed by atoms with Crippen LogP contribution in [0.15, 0.2) is 219 Å². The molecule has 467 valence electrons. The topological polar surface area (TPSA) is 106 Å². The van der Waals surface area contributed by atoms with Crippen LogP contribution >= 0.6 is 0 Å².